The number of nitrogens with one attached hydrogen (secondary N) is 1. The molecule has 0 aliphatic carbocycles. The van der Waals surface area contributed by atoms with Gasteiger partial charge in [-0.2, -0.15) is 5.10 Å². The molecule has 0 radical (unpaired) electrons. The summed E-state index contributed by atoms with van der Waals surface area (Å²) in [6.07, 6.45) is 0.131. The molecule has 1 heterocycles. The number of aryl methyl sites for hydroxylation is 1. The van der Waals surface area contributed by atoms with Gasteiger partial charge < -0.3 is 5.32 Å². The van der Waals surface area contributed by atoms with E-state index >= 15 is 0 Å². The molecule has 1 amide bonds. The zero-order chi connectivity index (χ0) is 19.6. The van der Waals surface area contributed by atoms with Crippen LogP contribution in [-0.2, 0) is 17.8 Å². The molecule has 4 nitrogen and oxygen atoms in total. The molecule has 1 N–H and O–H groups in total. The first-order valence-corrected chi connectivity index (χ1v) is 8.74. The number of carbonyl (C=O) groups excluding carboxylic acids is 1. The molecule has 1 aromatic heterocycles. The van der Waals surface area contributed by atoms with Gasteiger partial charge in [-0.05, 0) is 49.7 Å². The summed E-state index contributed by atoms with van der Waals surface area (Å²) in [5.74, 6) is -0.984. The Morgan fingerprint density at radius 3 is 2.59 bits per heavy atom. The Kier molecular flexibility index (Phi) is 5.56. The standard InChI is InChI=1S/C20H18ClF2N3O/c1-12-18(13(2)26(25-12)17-5-3-4-15(22)8-17)10-20(27)24-11-14-6-7-16(23)9-19(14)21/h3-9H,10-11H2,1-2H3,(H,24,27). The van der Waals surface area contributed by atoms with Crippen molar-refractivity contribution in [3.05, 3.63) is 81.6 Å². The minimum absolute atomic E-state index is 0.131. The third-order valence-electron chi connectivity index (χ3n) is 4.32. The smallest absolute Gasteiger partial charge is 0.224 e. The lowest BCUT2D eigenvalue weighted by Crippen LogP contribution is -2.25. The summed E-state index contributed by atoms with van der Waals surface area (Å²) in [5, 5.41) is 7.47. The van der Waals surface area contributed by atoms with Gasteiger partial charge in [0.15, 0.2) is 0 Å². The van der Waals surface area contributed by atoms with Crippen LogP contribution in [0.5, 0.6) is 0 Å². The van der Waals surface area contributed by atoms with Crippen LogP contribution in [-0.4, -0.2) is 15.7 Å². The molecule has 0 aliphatic rings. The number of hydrogen-bond acceptors (Lipinski definition) is 2. The number of nitrogens with zero attached hydrogens (tertiary/aromatic N) is 2. The third kappa shape index (κ3) is 4.34. The lowest BCUT2D eigenvalue weighted by molar-refractivity contribution is -0.120. The topological polar surface area (TPSA) is 46.9 Å². The Labute approximate surface area is 160 Å². The summed E-state index contributed by atoms with van der Waals surface area (Å²) in [6, 6.07) is 10.2. The van der Waals surface area contributed by atoms with Crippen LogP contribution >= 0.6 is 11.6 Å². The van der Waals surface area contributed by atoms with Crippen molar-refractivity contribution >= 4 is 17.5 Å². The number of benzene rings is 2. The van der Waals surface area contributed by atoms with Gasteiger partial charge in [0.05, 0.1) is 17.8 Å². The van der Waals surface area contributed by atoms with Gasteiger partial charge in [-0.25, -0.2) is 13.5 Å². The minimum Gasteiger partial charge on any atom is -0.352 e. The number of halogens is 3. The third-order valence-corrected chi connectivity index (χ3v) is 4.67. The number of aromatic nitrogens is 2. The molecule has 2 aromatic carbocycles. The molecule has 27 heavy (non-hydrogen) atoms. The molecule has 0 aliphatic heterocycles. The lowest BCUT2D eigenvalue weighted by Gasteiger charge is -2.08. The van der Waals surface area contributed by atoms with Gasteiger partial charge in [0.2, 0.25) is 5.91 Å². The highest BCUT2D eigenvalue weighted by molar-refractivity contribution is 6.31. The molecule has 3 aromatic rings. The van der Waals surface area contributed by atoms with E-state index in [1.807, 2.05) is 13.8 Å². The summed E-state index contributed by atoms with van der Waals surface area (Å²) >= 11 is 5.97. The zero-order valence-corrected chi connectivity index (χ0v) is 15.6. The number of hydrogen-bond donors (Lipinski definition) is 1. The van der Waals surface area contributed by atoms with E-state index in [4.69, 9.17) is 11.6 Å². The Morgan fingerprint density at radius 1 is 1.15 bits per heavy atom. The van der Waals surface area contributed by atoms with Gasteiger partial charge in [0, 0.05) is 22.8 Å². The Hall–Kier alpha value is -2.73. The largest absolute Gasteiger partial charge is 0.352 e. The number of amides is 1. The average molecular weight is 390 g/mol. The molecule has 140 valence electrons. The fourth-order valence-electron chi connectivity index (χ4n) is 2.87. The molecule has 0 unspecified atom stereocenters. The van der Waals surface area contributed by atoms with Crippen LogP contribution in [0.25, 0.3) is 5.69 Å². The van der Waals surface area contributed by atoms with Crippen molar-refractivity contribution < 1.29 is 13.6 Å². The van der Waals surface area contributed by atoms with Crippen LogP contribution < -0.4 is 5.32 Å². The first-order chi connectivity index (χ1) is 12.8. The molecule has 0 atom stereocenters. The van der Waals surface area contributed by atoms with Gasteiger partial charge in [-0.1, -0.05) is 23.7 Å². The van der Waals surface area contributed by atoms with Gasteiger partial charge in [-0.15, -0.1) is 0 Å². The summed E-state index contributed by atoms with van der Waals surface area (Å²) < 4.78 is 28.2. The summed E-state index contributed by atoms with van der Waals surface area (Å²) in [7, 11) is 0. The van der Waals surface area contributed by atoms with Crippen molar-refractivity contribution in [2.45, 2.75) is 26.8 Å². The van der Waals surface area contributed by atoms with Crippen molar-refractivity contribution in [3.63, 3.8) is 0 Å². The number of carbonyl (C=O) groups is 1. The molecule has 0 saturated carbocycles. The summed E-state index contributed by atoms with van der Waals surface area (Å²) in [5.41, 5.74) is 3.48. The second-order valence-electron chi connectivity index (χ2n) is 6.23. The van der Waals surface area contributed by atoms with E-state index in [0.29, 0.717) is 16.9 Å². The van der Waals surface area contributed by atoms with E-state index in [2.05, 4.69) is 10.4 Å². The second kappa shape index (κ2) is 7.88. The van der Waals surface area contributed by atoms with Gasteiger partial charge in [-0.3, -0.25) is 4.79 Å². The quantitative estimate of drug-likeness (QED) is 0.708. The minimum atomic E-state index is -0.425. The van der Waals surface area contributed by atoms with Crippen molar-refractivity contribution in [1.29, 1.82) is 0 Å². The molecule has 0 bridgehead atoms. The zero-order valence-electron chi connectivity index (χ0n) is 14.9. The van der Waals surface area contributed by atoms with Crippen molar-refractivity contribution in [2.24, 2.45) is 0 Å². The van der Waals surface area contributed by atoms with Crippen molar-refractivity contribution in [1.82, 2.24) is 15.1 Å². The van der Waals surface area contributed by atoms with Crippen molar-refractivity contribution in [3.8, 4) is 5.69 Å². The van der Waals surface area contributed by atoms with E-state index < -0.39 is 5.82 Å². The van der Waals surface area contributed by atoms with Gasteiger partial charge in [0.1, 0.15) is 11.6 Å². The van der Waals surface area contributed by atoms with Crippen LogP contribution in [0.15, 0.2) is 42.5 Å². The van der Waals surface area contributed by atoms with Crippen LogP contribution in [0, 0.1) is 25.5 Å². The number of rotatable bonds is 5. The highest BCUT2D eigenvalue weighted by Gasteiger charge is 2.16. The molecule has 7 heteroatoms. The predicted octanol–water partition coefficient (Wildman–Crippen LogP) is 4.28. The van der Waals surface area contributed by atoms with E-state index in [-0.39, 0.29) is 29.7 Å². The maximum atomic E-state index is 13.5. The maximum absolute atomic E-state index is 13.5. The molecule has 3 rings (SSSR count). The molecular formula is C20H18ClF2N3O. The van der Waals surface area contributed by atoms with Crippen LogP contribution in [0.1, 0.15) is 22.5 Å². The highest BCUT2D eigenvalue weighted by Crippen LogP contribution is 2.20. The Balaban J connectivity index is 1.73. The second-order valence-corrected chi connectivity index (χ2v) is 6.64. The van der Waals surface area contributed by atoms with E-state index in [1.165, 1.54) is 30.3 Å². The van der Waals surface area contributed by atoms with Crippen LogP contribution in [0.2, 0.25) is 5.02 Å². The molecular weight excluding hydrogens is 372 g/mol. The van der Waals surface area contributed by atoms with E-state index in [0.717, 1.165) is 11.3 Å². The monoisotopic (exact) mass is 389 g/mol. The Morgan fingerprint density at radius 2 is 1.89 bits per heavy atom. The van der Waals surface area contributed by atoms with Crippen molar-refractivity contribution in [2.75, 3.05) is 0 Å². The lowest BCUT2D eigenvalue weighted by atomic mass is 10.1. The summed E-state index contributed by atoms with van der Waals surface area (Å²) in [4.78, 5) is 12.3. The van der Waals surface area contributed by atoms with Crippen LogP contribution in [0.4, 0.5) is 8.78 Å². The Bertz CT molecular complexity index is 1000. The summed E-state index contributed by atoms with van der Waals surface area (Å²) in [6.45, 7) is 3.85. The highest BCUT2D eigenvalue weighted by atomic mass is 35.5. The average Bonchev–Trinajstić information content (AvgIpc) is 2.89. The normalized spacial score (nSPS) is 10.9. The van der Waals surface area contributed by atoms with Crippen LogP contribution in [0.3, 0.4) is 0 Å². The molecule has 0 saturated heterocycles. The fourth-order valence-corrected chi connectivity index (χ4v) is 3.11. The fraction of sp³-hybridized carbons (Fsp3) is 0.200. The molecule has 0 fully saturated rings. The van der Waals surface area contributed by atoms with Gasteiger partial charge >= 0.3 is 0 Å². The van der Waals surface area contributed by atoms with E-state index in [9.17, 15) is 13.6 Å². The van der Waals surface area contributed by atoms with E-state index in [1.54, 1.807) is 16.8 Å². The maximum Gasteiger partial charge on any atom is 0.224 e. The van der Waals surface area contributed by atoms with Gasteiger partial charge in [0.25, 0.3) is 0 Å². The first kappa shape index (κ1) is 19.0. The SMILES string of the molecule is Cc1nn(-c2cccc(F)c2)c(C)c1CC(=O)NCc1ccc(F)cc1Cl. The predicted molar refractivity (Wildman–Crippen MR) is 100.0 cm³/mol. The molecule has 0 spiro atoms. The first-order valence-electron chi connectivity index (χ1n) is 8.37.